The van der Waals surface area contributed by atoms with Gasteiger partial charge in [0.2, 0.25) is 0 Å². The maximum Gasteiger partial charge on any atom is 0.00401 e. The first-order chi connectivity index (χ1) is 9.67. The monoisotopic (exact) mass is 292 g/mol. The fourth-order valence-corrected chi connectivity index (χ4v) is 3.08. The van der Waals surface area contributed by atoms with E-state index in [4.69, 9.17) is 0 Å². The highest BCUT2D eigenvalue weighted by molar-refractivity contribution is 7.80. The van der Waals surface area contributed by atoms with E-state index in [-0.39, 0.29) is 0 Å². The zero-order chi connectivity index (χ0) is 14.8. The first-order valence-electron chi connectivity index (χ1n) is 8.46. The van der Waals surface area contributed by atoms with Crippen molar-refractivity contribution in [2.45, 2.75) is 83.0 Å². The summed E-state index contributed by atoms with van der Waals surface area (Å²) in [6.07, 6.45) is 10.9. The van der Waals surface area contributed by atoms with Crippen LogP contribution in [-0.4, -0.2) is 0 Å². The molecule has 2 atom stereocenters. The second-order valence-corrected chi connectivity index (χ2v) is 6.74. The van der Waals surface area contributed by atoms with E-state index in [0.29, 0.717) is 0 Å². The van der Waals surface area contributed by atoms with Crippen molar-refractivity contribution in [2.75, 3.05) is 0 Å². The van der Waals surface area contributed by atoms with Crippen LogP contribution >= 0.6 is 12.6 Å². The molecule has 0 bridgehead atoms. The predicted octanol–water partition coefficient (Wildman–Crippen LogP) is 6.86. The lowest BCUT2D eigenvalue weighted by Gasteiger charge is -2.16. The van der Waals surface area contributed by atoms with Gasteiger partial charge in [-0.15, -0.1) is 12.6 Å². The van der Waals surface area contributed by atoms with Crippen LogP contribution in [0, 0.1) is 5.92 Å². The molecule has 0 saturated heterocycles. The van der Waals surface area contributed by atoms with Gasteiger partial charge < -0.3 is 0 Å². The standard InChI is InChI=1S/C19H32S/c1-4-6-9-16(3)10-7-8-11-17(5-2)18-12-14-19(20)15-13-18/h12-17,20H,4-11H2,1-3H3. The van der Waals surface area contributed by atoms with Crippen LogP contribution in [0.2, 0.25) is 0 Å². The van der Waals surface area contributed by atoms with Crippen LogP contribution in [0.4, 0.5) is 0 Å². The summed E-state index contributed by atoms with van der Waals surface area (Å²) >= 11 is 4.37. The molecular formula is C19H32S. The molecule has 0 aliphatic rings. The minimum absolute atomic E-state index is 0.731. The Morgan fingerprint density at radius 2 is 1.50 bits per heavy atom. The molecule has 20 heavy (non-hydrogen) atoms. The largest absolute Gasteiger partial charge is 0.143 e. The van der Waals surface area contributed by atoms with Gasteiger partial charge in [-0.2, -0.15) is 0 Å². The lowest BCUT2D eigenvalue weighted by molar-refractivity contribution is 0.435. The third-order valence-corrected chi connectivity index (χ3v) is 4.71. The molecule has 1 heteroatoms. The third-order valence-electron chi connectivity index (χ3n) is 4.41. The van der Waals surface area contributed by atoms with Crippen molar-refractivity contribution in [3.8, 4) is 0 Å². The number of hydrogen-bond donors (Lipinski definition) is 1. The Hall–Kier alpha value is -0.430. The van der Waals surface area contributed by atoms with Gasteiger partial charge in [0, 0.05) is 4.90 Å². The number of thiol groups is 1. The Kier molecular flexibility index (Phi) is 9.09. The van der Waals surface area contributed by atoms with Gasteiger partial charge in [-0.25, -0.2) is 0 Å². The Morgan fingerprint density at radius 1 is 0.900 bits per heavy atom. The van der Waals surface area contributed by atoms with Gasteiger partial charge in [-0.05, 0) is 42.4 Å². The molecule has 0 N–H and O–H groups in total. The molecule has 0 fully saturated rings. The van der Waals surface area contributed by atoms with Crippen LogP contribution in [0.15, 0.2) is 29.2 Å². The van der Waals surface area contributed by atoms with Crippen molar-refractivity contribution in [3.63, 3.8) is 0 Å². The van der Waals surface area contributed by atoms with Crippen molar-refractivity contribution in [1.29, 1.82) is 0 Å². The molecule has 0 saturated carbocycles. The smallest absolute Gasteiger partial charge is 0.00401 e. The van der Waals surface area contributed by atoms with Gasteiger partial charge in [0.05, 0.1) is 0 Å². The normalized spacial score (nSPS) is 14.2. The molecule has 0 nitrogen and oxygen atoms in total. The Labute approximate surface area is 131 Å². The SMILES string of the molecule is CCCCC(C)CCCCC(CC)c1ccc(S)cc1. The summed E-state index contributed by atoms with van der Waals surface area (Å²) in [5.74, 6) is 1.65. The van der Waals surface area contributed by atoms with Gasteiger partial charge in [0.15, 0.2) is 0 Å². The molecule has 1 aromatic carbocycles. The van der Waals surface area contributed by atoms with E-state index in [0.717, 1.165) is 16.7 Å². The Bertz CT molecular complexity index is 341. The van der Waals surface area contributed by atoms with Gasteiger partial charge in [0.1, 0.15) is 0 Å². The number of hydrogen-bond acceptors (Lipinski definition) is 1. The van der Waals surface area contributed by atoms with Crippen LogP contribution in [0.1, 0.15) is 83.6 Å². The van der Waals surface area contributed by atoms with Crippen molar-refractivity contribution in [2.24, 2.45) is 5.92 Å². The minimum atomic E-state index is 0.731. The van der Waals surface area contributed by atoms with E-state index in [1.165, 1.54) is 56.9 Å². The summed E-state index contributed by atoms with van der Waals surface area (Å²) in [5, 5.41) is 0. The Balaban J connectivity index is 2.26. The predicted molar refractivity (Wildman–Crippen MR) is 93.9 cm³/mol. The second kappa shape index (κ2) is 10.3. The summed E-state index contributed by atoms with van der Waals surface area (Å²) in [5.41, 5.74) is 1.49. The third kappa shape index (κ3) is 6.83. The van der Waals surface area contributed by atoms with E-state index in [1.54, 1.807) is 0 Å². The maximum absolute atomic E-state index is 4.37. The summed E-state index contributed by atoms with van der Waals surface area (Å²) < 4.78 is 0. The second-order valence-electron chi connectivity index (χ2n) is 6.23. The van der Waals surface area contributed by atoms with Crippen LogP contribution in [-0.2, 0) is 0 Å². The first kappa shape index (κ1) is 17.6. The molecule has 0 spiro atoms. The maximum atomic E-state index is 4.37. The molecule has 0 heterocycles. The molecule has 0 aromatic heterocycles. The number of benzene rings is 1. The van der Waals surface area contributed by atoms with E-state index in [9.17, 15) is 0 Å². The molecule has 1 rings (SSSR count). The quantitative estimate of drug-likeness (QED) is 0.353. The van der Waals surface area contributed by atoms with Gasteiger partial charge in [-0.3, -0.25) is 0 Å². The summed E-state index contributed by atoms with van der Waals surface area (Å²) in [7, 11) is 0. The molecule has 0 amide bonds. The molecule has 0 aliphatic carbocycles. The summed E-state index contributed by atoms with van der Waals surface area (Å²) in [6, 6.07) is 8.74. The fraction of sp³-hybridized carbons (Fsp3) is 0.684. The minimum Gasteiger partial charge on any atom is -0.143 e. The fourth-order valence-electron chi connectivity index (χ4n) is 2.93. The highest BCUT2D eigenvalue weighted by atomic mass is 32.1. The van der Waals surface area contributed by atoms with E-state index >= 15 is 0 Å². The van der Waals surface area contributed by atoms with Crippen LogP contribution in [0.5, 0.6) is 0 Å². The zero-order valence-corrected chi connectivity index (χ0v) is 14.5. The molecule has 114 valence electrons. The Morgan fingerprint density at radius 3 is 2.10 bits per heavy atom. The summed E-state index contributed by atoms with van der Waals surface area (Å²) in [4.78, 5) is 1.06. The van der Waals surface area contributed by atoms with E-state index in [1.807, 2.05) is 0 Å². The highest BCUT2D eigenvalue weighted by Gasteiger charge is 2.09. The average molecular weight is 293 g/mol. The van der Waals surface area contributed by atoms with Crippen molar-refractivity contribution in [1.82, 2.24) is 0 Å². The number of unbranched alkanes of at least 4 members (excludes halogenated alkanes) is 2. The highest BCUT2D eigenvalue weighted by Crippen LogP contribution is 2.27. The lowest BCUT2D eigenvalue weighted by Crippen LogP contribution is -1.99. The average Bonchev–Trinajstić information content (AvgIpc) is 2.46. The molecule has 1 aromatic rings. The topological polar surface area (TPSA) is 0 Å². The summed E-state index contributed by atoms with van der Waals surface area (Å²) in [6.45, 7) is 7.01. The van der Waals surface area contributed by atoms with Crippen molar-refractivity contribution >= 4 is 12.6 Å². The van der Waals surface area contributed by atoms with Gasteiger partial charge in [-0.1, -0.05) is 71.4 Å². The van der Waals surface area contributed by atoms with Crippen LogP contribution < -0.4 is 0 Å². The van der Waals surface area contributed by atoms with Crippen molar-refractivity contribution in [3.05, 3.63) is 29.8 Å². The zero-order valence-electron chi connectivity index (χ0n) is 13.6. The molecular weight excluding hydrogens is 260 g/mol. The van der Waals surface area contributed by atoms with Crippen LogP contribution in [0.3, 0.4) is 0 Å². The van der Waals surface area contributed by atoms with Crippen molar-refractivity contribution < 1.29 is 0 Å². The van der Waals surface area contributed by atoms with Gasteiger partial charge in [0.25, 0.3) is 0 Å². The lowest BCUT2D eigenvalue weighted by atomic mass is 9.89. The van der Waals surface area contributed by atoms with Gasteiger partial charge >= 0.3 is 0 Å². The van der Waals surface area contributed by atoms with Crippen LogP contribution in [0.25, 0.3) is 0 Å². The molecule has 0 radical (unpaired) electrons. The first-order valence-corrected chi connectivity index (χ1v) is 8.91. The van der Waals surface area contributed by atoms with E-state index in [2.05, 4.69) is 57.7 Å². The number of rotatable bonds is 10. The molecule has 2 unspecified atom stereocenters. The molecule has 0 aliphatic heterocycles. The van der Waals surface area contributed by atoms with E-state index < -0.39 is 0 Å².